The van der Waals surface area contributed by atoms with Crippen molar-refractivity contribution in [2.24, 2.45) is 0 Å². The molecule has 0 saturated heterocycles. The van der Waals surface area contributed by atoms with E-state index >= 15 is 0 Å². The molecule has 1 aliphatic carbocycles. The maximum atomic E-state index is 14.2. The van der Waals surface area contributed by atoms with Gasteiger partial charge in [0.15, 0.2) is 0 Å². The first-order valence-corrected chi connectivity index (χ1v) is 16.4. The number of halogens is 1. The fourth-order valence-corrected chi connectivity index (χ4v) is 7.05. The van der Waals surface area contributed by atoms with Crippen LogP contribution in [0.3, 0.4) is 0 Å². The molecule has 4 rings (SSSR count). The van der Waals surface area contributed by atoms with Crippen LogP contribution in [0.2, 0.25) is 5.02 Å². The maximum absolute atomic E-state index is 14.2. The predicted molar refractivity (Wildman–Crippen MR) is 168 cm³/mol. The molecule has 3 aromatic carbocycles. The highest BCUT2D eigenvalue weighted by Crippen LogP contribution is 2.27. The average Bonchev–Trinajstić information content (AvgIpc) is 2.96. The Morgan fingerprint density at radius 1 is 0.929 bits per heavy atom. The molecule has 0 aromatic heterocycles. The van der Waals surface area contributed by atoms with Crippen LogP contribution in [0.1, 0.15) is 62.1 Å². The van der Waals surface area contributed by atoms with Gasteiger partial charge in [-0.2, -0.15) is 0 Å². The lowest BCUT2D eigenvalue weighted by atomic mass is 9.95. The van der Waals surface area contributed by atoms with Crippen LogP contribution in [0, 0.1) is 13.8 Å². The number of aryl methyl sites for hydroxylation is 2. The van der Waals surface area contributed by atoms with Crippen molar-refractivity contribution in [3.8, 4) is 0 Å². The Hall–Kier alpha value is -3.36. The molecule has 1 atom stereocenters. The molecule has 1 aliphatic rings. The molecule has 0 bridgehead atoms. The molecule has 1 saturated carbocycles. The second-order valence-electron chi connectivity index (χ2n) is 11.1. The molecule has 1 fully saturated rings. The summed E-state index contributed by atoms with van der Waals surface area (Å²) in [6.45, 7) is 5.43. The normalized spacial score (nSPS) is 14.7. The second kappa shape index (κ2) is 14.2. The van der Waals surface area contributed by atoms with Gasteiger partial charge >= 0.3 is 0 Å². The van der Waals surface area contributed by atoms with Crippen LogP contribution in [0.5, 0.6) is 0 Å². The van der Waals surface area contributed by atoms with Crippen LogP contribution >= 0.6 is 11.6 Å². The van der Waals surface area contributed by atoms with Crippen LogP contribution in [-0.2, 0) is 26.2 Å². The van der Waals surface area contributed by atoms with Crippen molar-refractivity contribution in [3.05, 3.63) is 94.5 Å². The standard InChI is InChI=1S/C33H40ClN3O4S/c1-4-31(33(39)35-28-13-6-5-7-14-28)36(22-26-12-8-10-24(2)20-26)32(38)23-37(29-15-9-11-25(3)21-29)42(40,41)30-18-16-27(34)17-19-30/h8-12,15-21,28,31H,4-7,13-14,22-23H2,1-3H3,(H,35,39)/t31-/m1/s1. The first-order chi connectivity index (χ1) is 20.1. The Kier molecular flexibility index (Phi) is 10.7. The van der Waals surface area contributed by atoms with Crippen molar-refractivity contribution >= 4 is 39.1 Å². The van der Waals surface area contributed by atoms with Gasteiger partial charge in [-0.1, -0.05) is 79.7 Å². The number of anilines is 1. The molecule has 0 heterocycles. The van der Waals surface area contributed by atoms with Crippen molar-refractivity contribution in [2.45, 2.75) is 82.8 Å². The quantitative estimate of drug-likeness (QED) is 0.272. The number of carbonyl (C=O) groups excluding carboxylic acids is 2. The van der Waals surface area contributed by atoms with Gasteiger partial charge in [-0.25, -0.2) is 8.42 Å². The summed E-state index contributed by atoms with van der Waals surface area (Å²) in [5.74, 6) is -0.658. The third-order valence-electron chi connectivity index (χ3n) is 7.74. The highest BCUT2D eigenvalue weighted by atomic mass is 35.5. The van der Waals surface area contributed by atoms with Gasteiger partial charge < -0.3 is 10.2 Å². The monoisotopic (exact) mass is 609 g/mol. The number of rotatable bonds is 11. The van der Waals surface area contributed by atoms with Crippen molar-refractivity contribution in [2.75, 3.05) is 10.8 Å². The van der Waals surface area contributed by atoms with Gasteiger partial charge in [-0.15, -0.1) is 0 Å². The Morgan fingerprint density at radius 2 is 1.57 bits per heavy atom. The van der Waals surface area contributed by atoms with Crippen LogP contribution in [0.4, 0.5) is 5.69 Å². The largest absolute Gasteiger partial charge is 0.352 e. The van der Waals surface area contributed by atoms with E-state index in [2.05, 4.69) is 5.32 Å². The number of sulfonamides is 1. The molecular weight excluding hydrogens is 570 g/mol. The number of hydrogen-bond donors (Lipinski definition) is 1. The van der Waals surface area contributed by atoms with E-state index < -0.39 is 28.5 Å². The van der Waals surface area contributed by atoms with Crippen LogP contribution in [0.25, 0.3) is 0 Å². The zero-order valence-corrected chi connectivity index (χ0v) is 26.1. The minimum atomic E-state index is -4.14. The van der Waals surface area contributed by atoms with E-state index in [0.29, 0.717) is 17.1 Å². The van der Waals surface area contributed by atoms with Gasteiger partial charge in [-0.3, -0.25) is 13.9 Å². The fourth-order valence-electron chi connectivity index (χ4n) is 5.52. The zero-order valence-electron chi connectivity index (χ0n) is 24.6. The highest BCUT2D eigenvalue weighted by molar-refractivity contribution is 7.92. The lowest BCUT2D eigenvalue weighted by Gasteiger charge is -2.34. The number of nitrogens with one attached hydrogen (secondary N) is 1. The number of carbonyl (C=O) groups is 2. The van der Waals surface area contributed by atoms with E-state index in [1.807, 2.05) is 51.1 Å². The zero-order chi connectivity index (χ0) is 30.3. The van der Waals surface area contributed by atoms with Crippen LogP contribution in [0.15, 0.2) is 77.7 Å². The molecule has 0 aliphatic heterocycles. The topological polar surface area (TPSA) is 86.8 Å². The van der Waals surface area contributed by atoms with E-state index in [0.717, 1.165) is 46.7 Å². The summed E-state index contributed by atoms with van der Waals surface area (Å²) in [7, 11) is -4.14. The molecule has 3 aromatic rings. The first-order valence-electron chi connectivity index (χ1n) is 14.6. The molecule has 1 N–H and O–H groups in total. The third-order valence-corrected chi connectivity index (χ3v) is 9.78. The summed E-state index contributed by atoms with van der Waals surface area (Å²) >= 11 is 6.04. The summed E-state index contributed by atoms with van der Waals surface area (Å²) in [4.78, 5) is 29.5. The predicted octanol–water partition coefficient (Wildman–Crippen LogP) is 6.41. The SMILES string of the molecule is CC[C@H](C(=O)NC1CCCCC1)N(Cc1cccc(C)c1)C(=O)CN(c1cccc(C)c1)S(=O)(=O)c1ccc(Cl)cc1. The number of hydrogen-bond acceptors (Lipinski definition) is 4. The smallest absolute Gasteiger partial charge is 0.264 e. The summed E-state index contributed by atoms with van der Waals surface area (Å²) in [6, 6.07) is 20.0. The van der Waals surface area contributed by atoms with Crippen LogP contribution < -0.4 is 9.62 Å². The summed E-state index contributed by atoms with van der Waals surface area (Å²) in [5, 5.41) is 3.59. The lowest BCUT2D eigenvalue weighted by molar-refractivity contribution is -0.140. The van der Waals surface area contributed by atoms with E-state index in [9.17, 15) is 18.0 Å². The molecule has 9 heteroatoms. The molecular formula is C33H40ClN3O4S. The summed E-state index contributed by atoms with van der Waals surface area (Å²) in [6.07, 6.45) is 5.55. The van der Waals surface area contributed by atoms with Gasteiger partial charge in [0, 0.05) is 17.6 Å². The first kappa shape index (κ1) is 31.6. The van der Waals surface area contributed by atoms with E-state index in [1.165, 1.54) is 35.6 Å². The summed E-state index contributed by atoms with van der Waals surface area (Å²) < 4.78 is 29.1. The molecule has 2 amide bonds. The lowest BCUT2D eigenvalue weighted by Crippen LogP contribution is -2.54. The number of benzene rings is 3. The summed E-state index contributed by atoms with van der Waals surface area (Å²) in [5.41, 5.74) is 3.13. The van der Waals surface area contributed by atoms with Crippen molar-refractivity contribution in [3.63, 3.8) is 0 Å². The van der Waals surface area contributed by atoms with E-state index in [4.69, 9.17) is 11.6 Å². The number of amides is 2. The van der Waals surface area contributed by atoms with Gasteiger partial charge in [0.05, 0.1) is 10.6 Å². The van der Waals surface area contributed by atoms with Gasteiger partial charge in [0.25, 0.3) is 10.0 Å². The molecule has 0 spiro atoms. The van der Waals surface area contributed by atoms with Crippen molar-refractivity contribution in [1.29, 1.82) is 0 Å². The third kappa shape index (κ3) is 7.92. The van der Waals surface area contributed by atoms with E-state index in [-0.39, 0.29) is 23.4 Å². The minimum Gasteiger partial charge on any atom is -0.352 e. The minimum absolute atomic E-state index is 0.0218. The number of nitrogens with zero attached hydrogens (tertiary/aromatic N) is 2. The second-order valence-corrected chi connectivity index (χ2v) is 13.4. The molecule has 224 valence electrons. The Morgan fingerprint density at radius 3 is 2.19 bits per heavy atom. The van der Waals surface area contributed by atoms with Crippen molar-refractivity contribution < 1.29 is 18.0 Å². The molecule has 0 unspecified atom stereocenters. The Balaban J connectivity index is 1.71. The van der Waals surface area contributed by atoms with Crippen LogP contribution in [-0.4, -0.2) is 43.8 Å². The molecule has 7 nitrogen and oxygen atoms in total. The average molecular weight is 610 g/mol. The van der Waals surface area contributed by atoms with Gasteiger partial charge in [0.2, 0.25) is 11.8 Å². The van der Waals surface area contributed by atoms with Crippen molar-refractivity contribution in [1.82, 2.24) is 10.2 Å². The van der Waals surface area contributed by atoms with E-state index in [1.54, 1.807) is 18.2 Å². The Bertz CT molecular complexity index is 1490. The molecule has 0 radical (unpaired) electrons. The van der Waals surface area contributed by atoms with Gasteiger partial charge in [-0.05, 0) is 80.6 Å². The van der Waals surface area contributed by atoms with Gasteiger partial charge in [0.1, 0.15) is 12.6 Å². The fraction of sp³-hybridized carbons (Fsp3) is 0.394. The Labute approximate surface area is 254 Å². The highest BCUT2D eigenvalue weighted by Gasteiger charge is 2.34. The maximum Gasteiger partial charge on any atom is 0.264 e. The molecule has 42 heavy (non-hydrogen) atoms.